The van der Waals surface area contributed by atoms with Gasteiger partial charge in [0.15, 0.2) is 5.84 Å². The highest BCUT2D eigenvalue weighted by Gasteiger charge is 2.36. The van der Waals surface area contributed by atoms with Crippen molar-refractivity contribution in [3.8, 4) is 11.5 Å². The molecule has 1 amide bonds. The van der Waals surface area contributed by atoms with Gasteiger partial charge in [-0.05, 0) is 59.8 Å². The summed E-state index contributed by atoms with van der Waals surface area (Å²) in [6, 6.07) is 18.3. The summed E-state index contributed by atoms with van der Waals surface area (Å²) < 4.78 is 11.4. The number of halogens is 1. The lowest BCUT2D eigenvalue weighted by atomic mass is 10.1. The van der Waals surface area contributed by atoms with Gasteiger partial charge in [0.1, 0.15) is 16.5 Å². The molecule has 36 heavy (non-hydrogen) atoms. The van der Waals surface area contributed by atoms with Crippen LogP contribution in [0, 0.1) is 5.41 Å². The summed E-state index contributed by atoms with van der Waals surface area (Å²) in [5, 5.41) is 16.0. The largest absolute Gasteiger partial charge is 0.493 e. The predicted molar refractivity (Wildman–Crippen MR) is 142 cm³/mol. The fraction of sp³-hybridized carbons (Fsp3) is 0.115. The molecular formula is C26H20ClN5O3S. The number of ether oxygens (including phenoxy) is 2. The van der Waals surface area contributed by atoms with E-state index in [0.29, 0.717) is 46.4 Å². The van der Waals surface area contributed by atoms with E-state index >= 15 is 0 Å². The highest BCUT2D eigenvalue weighted by atomic mass is 35.5. The number of rotatable bonds is 8. The van der Waals surface area contributed by atoms with Gasteiger partial charge in [-0.2, -0.15) is 15.1 Å². The average Bonchev–Trinajstić information content (AvgIpc) is 3.33. The lowest BCUT2D eigenvalue weighted by Gasteiger charge is -2.20. The van der Waals surface area contributed by atoms with E-state index in [1.165, 1.54) is 16.8 Å². The fourth-order valence-electron chi connectivity index (χ4n) is 3.42. The summed E-state index contributed by atoms with van der Waals surface area (Å²) >= 11 is 7.32. The number of benzene rings is 2. The van der Waals surface area contributed by atoms with Gasteiger partial charge in [-0.1, -0.05) is 35.9 Å². The minimum Gasteiger partial charge on any atom is -0.493 e. The number of hydrogen-bond donors (Lipinski definition) is 1. The van der Waals surface area contributed by atoms with Gasteiger partial charge in [-0.25, -0.2) is 0 Å². The smallest absolute Gasteiger partial charge is 0.283 e. The number of fused-ring (bicyclic) bond motifs is 1. The molecule has 0 saturated heterocycles. The second-order valence-electron chi connectivity index (χ2n) is 7.72. The number of aromatic nitrogens is 1. The lowest BCUT2D eigenvalue weighted by Crippen LogP contribution is -2.35. The van der Waals surface area contributed by atoms with Crippen molar-refractivity contribution >= 4 is 51.4 Å². The maximum Gasteiger partial charge on any atom is 0.283 e. The molecule has 3 heterocycles. The van der Waals surface area contributed by atoms with Crippen LogP contribution in [0.25, 0.3) is 6.08 Å². The quantitative estimate of drug-likeness (QED) is 0.323. The van der Waals surface area contributed by atoms with Crippen molar-refractivity contribution in [1.82, 2.24) is 9.99 Å². The van der Waals surface area contributed by atoms with Gasteiger partial charge in [-0.3, -0.25) is 15.2 Å². The topological polar surface area (TPSA) is 100 Å². The molecule has 0 atom stereocenters. The van der Waals surface area contributed by atoms with Crippen LogP contribution in [0.2, 0.25) is 5.02 Å². The van der Waals surface area contributed by atoms with Crippen LogP contribution in [0.5, 0.6) is 11.5 Å². The normalized spacial score (nSPS) is 16.0. The first kappa shape index (κ1) is 23.8. The van der Waals surface area contributed by atoms with E-state index in [1.54, 1.807) is 30.6 Å². The Balaban J connectivity index is 1.18. The predicted octanol–water partition coefficient (Wildman–Crippen LogP) is 5.25. The van der Waals surface area contributed by atoms with Crippen molar-refractivity contribution in [2.75, 3.05) is 13.2 Å². The molecule has 2 aliphatic heterocycles. The molecule has 0 spiro atoms. The Morgan fingerprint density at radius 2 is 1.83 bits per heavy atom. The van der Waals surface area contributed by atoms with Crippen molar-refractivity contribution in [3.63, 3.8) is 0 Å². The number of hydrogen-bond acceptors (Lipinski definition) is 7. The molecular weight excluding hydrogens is 498 g/mol. The number of nitrogens with zero attached hydrogens (tertiary/aromatic N) is 4. The van der Waals surface area contributed by atoms with Crippen molar-refractivity contribution in [1.29, 1.82) is 5.41 Å². The number of carbonyl (C=O) groups is 1. The summed E-state index contributed by atoms with van der Waals surface area (Å²) in [4.78, 5) is 20.9. The third-order valence-electron chi connectivity index (χ3n) is 5.21. The average molecular weight is 518 g/mol. The minimum absolute atomic E-state index is 0.0183. The van der Waals surface area contributed by atoms with Crippen molar-refractivity contribution < 1.29 is 14.3 Å². The molecule has 0 unspecified atom stereocenters. The molecule has 1 N–H and O–H groups in total. The Morgan fingerprint density at radius 3 is 2.61 bits per heavy atom. The van der Waals surface area contributed by atoms with E-state index in [2.05, 4.69) is 15.1 Å². The summed E-state index contributed by atoms with van der Waals surface area (Å²) in [6.45, 7) is 0.968. The molecule has 0 fully saturated rings. The Kier molecular flexibility index (Phi) is 7.11. The summed E-state index contributed by atoms with van der Waals surface area (Å²) in [5.74, 6) is 0.861. The van der Waals surface area contributed by atoms with E-state index < -0.39 is 5.91 Å². The standard InChI is InChI=1S/C26H20ClN5O3S/c27-21-6-1-2-7-22(21)35-14-4-13-34-19-10-8-17(9-11-19)15-20-23(28)32-26(30-24(20)33)36-25(31-32)18-5-3-12-29-16-18/h1-3,5-12,15-16,28H,4,13-14H2. The van der Waals surface area contributed by atoms with E-state index in [9.17, 15) is 4.79 Å². The van der Waals surface area contributed by atoms with Gasteiger partial charge in [0.2, 0.25) is 5.17 Å². The number of thioether (sulfide) groups is 1. The number of nitrogens with one attached hydrogen (secondary N) is 1. The minimum atomic E-state index is -0.472. The monoisotopic (exact) mass is 517 g/mol. The van der Waals surface area contributed by atoms with Crippen LogP contribution in [0.3, 0.4) is 0 Å². The number of pyridine rings is 1. The number of aliphatic imine (C=N–C) groups is 1. The number of para-hydroxylation sites is 1. The van der Waals surface area contributed by atoms with E-state index in [4.69, 9.17) is 26.5 Å². The third-order valence-corrected chi connectivity index (χ3v) is 6.48. The van der Waals surface area contributed by atoms with Crippen LogP contribution in [0.4, 0.5) is 0 Å². The molecule has 10 heteroatoms. The number of carbonyl (C=O) groups excluding carboxylic acids is 1. The Bertz CT molecular complexity index is 1390. The van der Waals surface area contributed by atoms with E-state index in [1.807, 2.05) is 48.5 Å². The number of hydrazone groups is 1. The van der Waals surface area contributed by atoms with Crippen LogP contribution in [0.15, 0.2) is 88.7 Å². The van der Waals surface area contributed by atoms with Gasteiger partial charge in [0.25, 0.3) is 5.91 Å². The Labute approximate surface area is 216 Å². The molecule has 1 aromatic heterocycles. The highest BCUT2D eigenvalue weighted by Crippen LogP contribution is 2.31. The van der Waals surface area contributed by atoms with E-state index in [0.717, 1.165) is 11.1 Å². The molecule has 0 radical (unpaired) electrons. The van der Waals surface area contributed by atoms with E-state index in [-0.39, 0.29) is 11.4 Å². The highest BCUT2D eigenvalue weighted by molar-refractivity contribution is 8.27. The van der Waals surface area contributed by atoms with Gasteiger partial charge in [0, 0.05) is 24.4 Å². The van der Waals surface area contributed by atoms with Crippen LogP contribution < -0.4 is 9.47 Å². The molecule has 2 aromatic carbocycles. The zero-order chi connectivity index (χ0) is 24.9. The SMILES string of the molecule is N=C1C(=Cc2ccc(OCCCOc3ccccc3Cl)cc2)C(=O)N=C2SC(c3cccnc3)=NN12. The molecule has 0 aliphatic carbocycles. The Hall–Kier alpha value is -3.95. The second-order valence-corrected chi connectivity index (χ2v) is 9.08. The molecule has 8 nitrogen and oxygen atoms in total. The molecule has 5 rings (SSSR count). The van der Waals surface area contributed by atoms with Crippen LogP contribution in [-0.2, 0) is 4.79 Å². The van der Waals surface area contributed by atoms with Crippen molar-refractivity contribution in [2.45, 2.75) is 6.42 Å². The summed E-state index contributed by atoms with van der Waals surface area (Å²) in [6.07, 6.45) is 5.68. The summed E-state index contributed by atoms with van der Waals surface area (Å²) in [5.41, 5.74) is 1.72. The van der Waals surface area contributed by atoms with Crippen molar-refractivity contribution in [2.24, 2.45) is 10.1 Å². The zero-order valence-electron chi connectivity index (χ0n) is 18.9. The lowest BCUT2D eigenvalue weighted by molar-refractivity contribution is -0.114. The first-order valence-electron chi connectivity index (χ1n) is 11.1. The maximum absolute atomic E-state index is 12.6. The molecule has 0 bridgehead atoms. The van der Waals surface area contributed by atoms with Crippen LogP contribution >= 0.6 is 23.4 Å². The fourth-order valence-corrected chi connectivity index (χ4v) is 4.49. The third kappa shape index (κ3) is 5.32. The number of amidine groups is 2. The summed E-state index contributed by atoms with van der Waals surface area (Å²) in [7, 11) is 0. The molecule has 180 valence electrons. The second kappa shape index (κ2) is 10.8. The van der Waals surface area contributed by atoms with Gasteiger partial charge >= 0.3 is 0 Å². The molecule has 3 aromatic rings. The van der Waals surface area contributed by atoms with Gasteiger partial charge in [0.05, 0.1) is 23.8 Å². The van der Waals surface area contributed by atoms with Gasteiger partial charge in [-0.15, -0.1) is 0 Å². The maximum atomic E-state index is 12.6. The Morgan fingerprint density at radius 1 is 1.03 bits per heavy atom. The van der Waals surface area contributed by atoms with Crippen molar-refractivity contribution in [3.05, 3.63) is 94.8 Å². The first-order valence-corrected chi connectivity index (χ1v) is 12.3. The molecule has 0 saturated carbocycles. The van der Waals surface area contributed by atoms with Crippen LogP contribution in [-0.4, -0.2) is 45.2 Å². The first-order chi connectivity index (χ1) is 17.6. The molecule has 2 aliphatic rings. The zero-order valence-corrected chi connectivity index (χ0v) is 20.5. The van der Waals surface area contributed by atoms with Gasteiger partial charge < -0.3 is 9.47 Å². The van der Waals surface area contributed by atoms with Crippen LogP contribution in [0.1, 0.15) is 17.5 Å². The number of amides is 1.